The van der Waals surface area contributed by atoms with Gasteiger partial charge in [0.05, 0.1) is 5.52 Å². The predicted molar refractivity (Wildman–Crippen MR) is 97.8 cm³/mol. The molecule has 136 valence electrons. The molecular weight excluding hydrogens is 377 g/mol. The number of rotatable bonds is 2. The van der Waals surface area contributed by atoms with Crippen LogP contribution in [0.1, 0.15) is 18.9 Å². The first-order chi connectivity index (χ1) is 13.0. The standard InChI is InChI=1S/C19H11F3N2O2S/c20-8-1-4-10(13(21)5-8)11-7-15-12(6-14(11)22)17(25)16-18(26)23-27-19(16)24(15)9-2-3-9/h1,4-7,9H,2-3H2,(H,23,26). The number of aromatic amines is 1. The van der Waals surface area contributed by atoms with E-state index in [1.165, 1.54) is 12.1 Å². The molecule has 0 aliphatic heterocycles. The highest BCUT2D eigenvalue weighted by Gasteiger charge is 2.29. The van der Waals surface area contributed by atoms with Crippen molar-refractivity contribution in [2.75, 3.05) is 0 Å². The fourth-order valence-corrected chi connectivity index (χ4v) is 4.39. The molecule has 2 aromatic heterocycles. The number of halogens is 3. The van der Waals surface area contributed by atoms with Gasteiger partial charge in [0.25, 0.3) is 5.56 Å². The van der Waals surface area contributed by atoms with E-state index in [9.17, 15) is 22.8 Å². The summed E-state index contributed by atoms with van der Waals surface area (Å²) < 4.78 is 46.6. The molecule has 5 rings (SSSR count). The second-order valence-corrected chi connectivity index (χ2v) is 7.41. The normalized spacial score (nSPS) is 14.3. The lowest BCUT2D eigenvalue weighted by molar-refractivity contribution is 0.583. The number of nitrogens with zero attached hydrogens (tertiary/aromatic N) is 1. The minimum absolute atomic E-state index is 0.0134. The third kappa shape index (κ3) is 2.36. The lowest BCUT2D eigenvalue weighted by Crippen LogP contribution is -2.15. The number of hydrogen-bond acceptors (Lipinski definition) is 3. The number of nitrogens with one attached hydrogen (secondary N) is 1. The maximum absolute atomic E-state index is 14.7. The second kappa shape index (κ2) is 5.56. The lowest BCUT2D eigenvalue weighted by atomic mass is 10.0. The van der Waals surface area contributed by atoms with Gasteiger partial charge < -0.3 is 4.57 Å². The molecule has 0 unspecified atom stereocenters. The Kier molecular flexibility index (Phi) is 3.36. The van der Waals surface area contributed by atoms with Crippen LogP contribution in [0, 0.1) is 17.5 Å². The maximum atomic E-state index is 14.7. The van der Waals surface area contributed by atoms with Crippen molar-refractivity contribution in [3.63, 3.8) is 0 Å². The van der Waals surface area contributed by atoms with Crippen molar-refractivity contribution in [3.8, 4) is 11.1 Å². The molecule has 2 heterocycles. The lowest BCUT2D eigenvalue weighted by Gasteiger charge is -2.14. The molecule has 1 fully saturated rings. The van der Waals surface area contributed by atoms with Gasteiger partial charge in [-0.25, -0.2) is 13.2 Å². The van der Waals surface area contributed by atoms with E-state index in [0.717, 1.165) is 36.5 Å². The molecular formula is C19H11F3N2O2S. The molecule has 4 aromatic rings. The maximum Gasteiger partial charge on any atom is 0.271 e. The Morgan fingerprint density at radius 1 is 1.00 bits per heavy atom. The van der Waals surface area contributed by atoms with Crippen molar-refractivity contribution in [1.82, 2.24) is 8.94 Å². The van der Waals surface area contributed by atoms with Gasteiger partial charge in [0.2, 0.25) is 5.43 Å². The number of aromatic nitrogens is 2. The molecule has 1 aliphatic carbocycles. The first kappa shape index (κ1) is 16.3. The Bertz CT molecular complexity index is 1370. The first-order valence-electron chi connectivity index (χ1n) is 8.30. The molecule has 8 heteroatoms. The highest BCUT2D eigenvalue weighted by Crippen LogP contribution is 2.41. The second-order valence-electron chi connectivity index (χ2n) is 6.62. The van der Waals surface area contributed by atoms with Crippen LogP contribution in [0.3, 0.4) is 0 Å². The number of hydrogen-bond donors (Lipinski definition) is 1. The van der Waals surface area contributed by atoms with E-state index in [0.29, 0.717) is 16.4 Å². The zero-order valence-corrected chi connectivity index (χ0v) is 14.5. The highest BCUT2D eigenvalue weighted by atomic mass is 32.1. The average molecular weight is 388 g/mol. The molecule has 0 amide bonds. The molecule has 4 nitrogen and oxygen atoms in total. The van der Waals surface area contributed by atoms with Crippen molar-refractivity contribution in [2.24, 2.45) is 0 Å². The fourth-order valence-electron chi connectivity index (χ4n) is 3.46. The van der Waals surface area contributed by atoms with Crippen molar-refractivity contribution < 1.29 is 13.2 Å². The van der Waals surface area contributed by atoms with Crippen molar-refractivity contribution >= 4 is 32.7 Å². The largest absolute Gasteiger partial charge is 0.328 e. The summed E-state index contributed by atoms with van der Waals surface area (Å²) in [5.41, 5.74) is -0.760. The molecule has 0 atom stereocenters. The van der Waals surface area contributed by atoms with Crippen LogP contribution in [0.4, 0.5) is 13.2 Å². The predicted octanol–water partition coefficient (Wildman–Crippen LogP) is 4.32. The monoisotopic (exact) mass is 388 g/mol. The fraction of sp³-hybridized carbons (Fsp3) is 0.158. The summed E-state index contributed by atoms with van der Waals surface area (Å²) in [6, 6.07) is 5.45. The van der Waals surface area contributed by atoms with E-state index in [2.05, 4.69) is 4.37 Å². The van der Waals surface area contributed by atoms with Gasteiger partial charge in [0.15, 0.2) is 0 Å². The van der Waals surface area contributed by atoms with E-state index >= 15 is 0 Å². The van der Waals surface area contributed by atoms with Gasteiger partial charge in [0, 0.05) is 28.6 Å². The minimum Gasteiger partial charge on any atom is -0.328 e. The molecule has 1 saturated carbocycles. The van der Waals surface area contributed by atoms with Crippen molar-refractivity contribution in [1.29, 1.82) is 0 Å². The van der Waals surface area contributed by atoms with Gasteiger partial charge in [-0.05, 0) is 48.6 Å². The van der Waals surface area contributed by atoms with Gasteiger partial charge in [-0.1, -0.05) is 0 Å². The molecule has 2 aromatic carbocycles. The summed E-state index contributed by atoms with van der Waals surface area (Å²) in [4.78, 5) is 25.3. The number of pyridine rings is 1. The minimum atomic E-state index is -0.888. The molecule has 1 N–H and O–H groups in total. The van der Waals surface area contributed by atoms with Crippen LogP contribution in [0.2, 0.25) is 0 Å². The van der Waals surface area contributed by atoms with E-state index in [4.69, 9.17) is 0 Å². The SMILES string of the molecule is O=c1[nH]sc2c1c(=O)c1cc(F)c(-c3ccc(F)cc3F)cc1n2C1CC1. The van der Waals surface area contributed by atoms with Gasteiger partial charge >= 0.3 is 0 Å². The van der Waals surface area contributed by atoms with Gasteiger partial charge in [-0.2, -0.15) is 0 Å². The van der Waals surface area contributed by atoms with Crippen LogP contribution >= 0.6 is 11.5 Å². The van der Waals surface area contributed by atoms with E-state index in [1.54, 1.807) is 0 Å². The zero-order chi connectivity index (χ0) is 18.9. The van der Waals surface area contributed by atoms with Crippen LogP contribution < -0.4 is 11.0 Å². The summed E-state index contributed by atoms with van der Waals surface area (Å²) >= 11 is 1.06. The van der Waals surface area contributed by atoms with Gasteiger partial charge in [-0.3, -0.25) is 14.0 Å². The number of fused-ring (bicyclic) bond motifs is 2. The highest BCUT2D eigenvalue weighted by molar-refractivity contribution is 7.12. The van der Waals surface area contributed by atoms with Crippen LogP contribution in [-0.2, 0) is 0 Å². The van der Waals surface area contributed by atoms with Crippen LogP contribution in [-0.4, -0.2) is 8.94 Å². The summed E-state index contributed by atoms with van der Waals surface area (Å²) in [6.45, 7) is 0. The summed E-state index contributed by atoms with van der Waals surface area (Å²) in [5, 5.41) is 0.0848. The quantitative estimate of drug-likeness (QED) is 0.556. The first-order valence-corrected chi connectivity index (χ1v) is 9.11. The van der Waals surface area contributed by atoms with Crippen LogP contribution in [0.5, 0.6) is 0 Å². The van der Waals surface area contributed by atoms with E-state index < -0.39 is 28.4 Å². The topological polar surface area (TPSA) is 54.9 Å². The molecule has 0 radical (unpaired) electrons. The number of H-pyrrole nitrogens is 1. The summed E-state index contributed by atoms with van der Waals surface area (Å²) in [7, 11) is 0. The van der Waals surface area contributed by atoms with Crippen molar-refractivity contribution in [2.45, 2.75) is 18.9 Å². The van der Waals surface area contributed by atoms with E-state index in [-0.39, 0.29) is 27.9 Å². The number of benzene rings is 2. The average Bonchev–Trinajstić information content (AvgIpc) is 3.38. The molecule has 27 heavy (non-hydrogen) atoms. The molecule has 0 bridgehead atoms. The van der Waals surface area contributed by atoms with Crippen LogP contribution in [0.25, 0.3) is 32.2 Å². The summed E-state index contributed by atoms with van der Waals surface area (Å²) in [5.74, 6) is -2.45. The van der Waals surface area contributed by atoms with Crippen LogP contribution in [0.15, 0.2) is 39.9 Å². The molecule has 0 spiro atoms. The Labute approximate surface area is 153 Å². The zero-order valence-electron chi connectivity index (χ0n) is 13.7. The van der Waals surface area contributed by atoms with E-state index in [1.807, 2.05) is 4.57 Å². The smallest absolute Gasteiger partial charge is 0.271 e. The summed E-state index contributed by atoms with van der Waals surface area (Å²) in [6.07, 6.45) is 1.74. The van der Waals surface area contributed by atoms with Crippen molar-refractivity contribution in [3.05, 3.63) is 68.4 Å². The third-order valence-electron chi connectivity index (χ3n) is 4.85. The molecule has 1 aliphatic rings. The van der Waals surface area contributed by atoms with Gasteiger partial charge in [0.1, 0.15) is 27.7 Å². The Morgan fingerprint density at radius 3 is 2.44 bits per heavy atom. The Hall–Kier alpha value is -2.87. The van der Waals surface area contributed by atoms with Gasteiger partial charge in [-0.15, -0.1) is 0 Å². The molecule has 0 saturated heterocycles. The third-order valence-corrected chi connectivity index (χ3v) is 5.73. The Balaban J connectivity index is 1.93. The Morgan fingerprint density at radius 2 is 1.74 bits per heavy atom.